The van der Waals surface area contributed by atoms with Gasteiger partial charge < -0.3 is 11.1 Å². The van der Waals surface area contributed by atoms with Crippen LogP contribution in [0.4, 0.5) is 18.9 Å². The van der Waals surface area contributed by atoms with Crippen LogP contribution in [0, 0.1) is 17.5 Å². The van der Waals surface area contributed by atoms with Crippen LogP contribution in [0.15, 0.2) is 36.4 Å². The van der Waals surface area contributed by atoms with E-state index < -0.39 is 28.9 Å². The number of hydrogen-bond acceptors (Lipinski definition) is 2. The lowest BCUT2D eigenvalue weighted by Gasteiger charge is -2.08. The van der Waals surface area contributed by atoms with Gasteiger partial charge in [0.25, 0.3) is 5.91 Å². The maximum Gasteiger partial charge on any atom is 0.258 e. The lowest BCUT2D eigenvalue weighted by Crippen LogP contribution is -2.16. The standard InChI is InChI=1S/C14H9F3N2OS/c15-10-5-4-9(11(16)12(10)17)14(20)19-8-3-1-2-7(6-8)13(18)21/h1-6H,(H2,18,21)(H,19,20). The molecule has 0 bridgehead atoms. The second-order valence-corrected chi connectivity index (χ2v) is 4.56. The van der Waals surface area contributed by atoms with Crippen LogP contribution in [-0.2, 0) is 0 Å². The van der Waals surface area contributed by atoms with Crippen molar-refractivity contribution in [2.24, 2.45) is 5.73 Å². The molecule has 3 nitrogen and oxygen atoms in total. The van der Waals surface area contributed by atoms with Gasteiger partial charge in [-0.3, -0.25) is 4.79 Å². The SMILES string of the molecule is NC(=S)c1cccc(NC(=O)c2ccc(F)c(F)c2F)c1. The molecule has 2 aromatic rings. The van der Waals surface area contributed by atoms with E-state index in [9.17, 15) is 18.0 Å². The summed E-state index contributed by atoms with van der Waals surface area (Å²) >= 11 is 4.79. The predicted molar refractivity (Wildman–Crippen MR) is 76.6 cm³/mol. The summed E-state index contributed by atoms with van der Waals surface area (Å²) in [7, 11) is 0. The lowest BCUT2D eigenvalue weighted by atomic mass is 10.1. The fourth-order valence-electron chi connectivity index (χ4n) is 1.65. The number of halogens is 3. The number of nitrogens with two attached hydrogens (primary N) is 1. The summed E-state index contributed by atoms with van der Waals surface area (Å²) in [6, 6.07) is 7.77. The molecule has 0 unspecified atom stereocenters. The molecule has 0 aliphatic rings. The molecule has 1 amide bonds. The smallest absolute Gasteiger partial charge is 0.258 e. The van der Waals surface area contributed by atoms with Gasteiger partial charge in [-0.05, 0) is 24.3 Å². The highest BCUT2D eigenvalue weighted by atomic mass is 32.1. The molecule has 2 aromatic carbocycles. The van der Waals surface area contributed by atoms with Gasteiger partial charge in [-0.1, -0.05) is 24.4 Å². The fraction of sp³-hybridized carbons (Fsp3) is 0. The van der Waals surface area contributed by atoms with Crippen LogP contribution in [0.2, 0.25) is 0 Å². The molecule has 2 rings (SSSR count). The topological polar surface area (TPSA) is 55.1 Å². The number of thiocarbonyl (C=S) groups is 1. The van der Waals surface area contributed by atoms with Gasteiger partial charge in [-0.25, -0.2) is 13.2 Å². The molecule has 108 valence electrons. The van der Waals surface area contributed by atoms with E-state index in [0.717, 1.165) is 6.07 Å². The number of carbonyl (C=O) groups excluding carboxylic acids is 1. The van der Waals surface area contributed by atoms with E-state index in [1.54, 1.807) is 12.1 Å². The minimum Gasteiger partial charge on any atom is -0.389 e. The van der Waals surface area contributed by atoms with Gasteiger partial charge in [0.1, 0.15) is 4.99 Å². The molecular weight excluding hydrogens is 301 g/mol. The molecule has 0 aliphatic carbocycles. The summed E-state index contributed by atoms with van der Waals surface area (Å²) in [5, 5.41) is 2.36. The van der Waals surface area contributed by atoms with Crippen LogP contribution in [0.1, 0.15) is 15.9 Å². The molecule has 0 saturated carbocycles. The first-order valence-corrected chi connectivity index (χ1v) is 6.15. The molecule has 0 fully saturated rings. The third-order valence-electron chi connectivity index (χ3n) is 2.68. The number of anilines is 1. The van der Waals surface area contributed by atoms with Crippen molar-refractivity contribution in [1.29, 1.82) is 0 Å². The fourth-order valence-corrected chi connectivity index (χ4v) is 1.78. The van der Waals surface area contributed by atoms with Crippen molar-refractivity contribution in [3.05, 3.63) is 65.0 Å². The average Bonchev–Trinajstić information content (AvgIpc) is 2.45. The summed E-state index contributed by atoms with van der Waals surface area (Å²) in [6.45, 7) is 0. The van der Waals surface area contributed by atoms with Gasteiger partial charge in [-0.2, -0.15) is 0 Å². The maximum absolute atomic E-state index is 13.5. The molecule has 0 aliphatic heterocycles. The summed E-state index contributed by atoms with van der Waals surface area (Å²) in [5.41, 5.74) is 5.66. The Kier molecular flexibility index (Phi) is 4.23. The normalized spacial score (nSPS) is 10.2. The minimum absolute atomic E-state index is 0.130. The third-order valence-corrected chi connectivity index (χ3v) is 2.92. The summed E-state index contributed by atoms with van der Waals surface area (Å²) < 4.78 is 39.4. The van der Waals surface area contributed by atoms with Crippen LogP contribution in [0.25, 0.3) is 0 Å². The Bertz CT molecular complexity index is 734. The van der Waals surface area contributed by atoms with E-state index in [4.69, 9.17) is 18.0 Å². The van der Waals surface area contributed by atoms with Crippen LogP contribution in [0.5, 0.6) is 0 Å². The van der Waals surface area contributed by atoms with Crippen molar-refractivity contribution in [2.45, 2.75) is 0 Å². The zero-order valence-corrected chi connectivity index (χ0v) is 11.3. The number of carbonyl (C=O) groups is 1. The minimum atomic E-state index is -1.69. The highest BCUT2D eigenvalue weighted by molar-refractivity contribution is 7.80. The Morgan fingerprint density at radius 2 is 1.81 bits per heavy atom. The number of hydrogen-bond donors (Lipinski definition) is 2. The third kappa shape index (κ3) is 3.19. The molecule has 0 aromatic heterocycles. The van der Waals surface area contributed by atoms with Crippen LogP contribution in [-0.4, -0.2) is 10.9 Å². The Balaban J connectivity index is 2.28. The Morgan fingerprint density at radius 1 is 1.10 bits per heavy atom. The Morgan fingerprint density at radius 3 is 2.48 bits per heavy atom. The highest BCUT2D eigenvalue weighted by Crippen LogP contribution is 2.17. The molecule has 7 heteroatoms. The Hall–Kier alpha value is -2.41. The van der Waals surface area contributed by atoms with Gasteiger partial charge in [0.15, 0.2) is 17.5 Å². The molecular formula is C14H9F3N2OS. The molecule has 0 heterocycles. The van der Waals surface area contributed by atoms with Gasteiger partial charge in [0.2, 0.25) is 0 Å². The second kappa shape index (κ2) is 5.92. The first-order valence-electron chi connectivity index (χ1n) is 5.75. The molecule has 0 atom stereocenters. The molecule has 0 spiro atoms. The summed E-state index contributed by atoms with van der Waals surface area (Å²) in [5.74, 6) is -5.51. The quantitative estimate of drug-likeness (QED) is 0.677. The van der Waals surface area contributed by atoms with Crippen molar-refractivity contribution in [2.75, 3.05) is 5.32 Å². The van der Waals surface area contributed by atoms with Crippen molar-refractivity contribution in [3.8, 4) is 0 Å². The monoisotopic (exact) mass is 310 g/mol. The first-order chi connectivity index (χ1) is 9.90. The zero-order chi connectivity index (χ0) is 15.6. The van der Waals surface area contributed by atoms with Gasteiger partial charge in [0, 0.05) is 11.3 Å². The van der Waals surface area contributed by atoms with Gasteiger partial charge in [0.05, 0.1) is 5.56 Å². The average molecular weight is 310 g/mol. The van der Waals surface area contributed by atoms with E-state index in [2.05, 4.69) is 5.32 Å². The van der Waals surface area contributed by atoms with Crippen LogP contribution >= 0.6 is 12.2 Å². The predicted octanol–water partition coefficient (Wildman–Crippen LogP) is 2.99. The second-order valence-electron chi connectivity index (χ2n) is 4.12. The van der Waals surface area contributed by atoms with E-state index >= 15 is 0 Å². The number of nitrogens with one attached hydrogen (secondary N) is 1. The maximum atomic E-state index is 13.5. The van der Waals surface area contributed by atoms with Crippen molar-refractivity contribution in [1.82, 2.24) is 0 Å². The van der Waals surface area contributed by atoms with Crippen LogP contribution in [0.3, 0.4) is 0 Å². The van der Waals surface area contributed by atoms with E-state index in [0.29, 0.717) is 17.3 Å². The Labute approximate surface area is 123 Å². The van der Waals surface area contributed by atoms with Crippen molar-refractivity contribution >= 4 is 28.8 Å². The first kappa shape index (κ1) is 15.0. The number of amides is 1. The molecule has 0 saturated heterocycles. The number of benzene rings is 2. The van der Waals surface area contributed by atoms with Crippen molar-refractivity contribution < 1.29 is 18.0 Å². The molecule has 21 heavy (non-hydrogen) atoms. The van der Waals surface area contributed by atoms with Gasteiger partial charge >= 0.3 is 0 Å². The summed E-state index contributed by atoms with van der Waals surface area (Å²) in [4.78, 5) is 12.0. The molecule has 0 radical (unpaired) electrons. The molecule has 3 N–H and O–H groups in total. The van der Waals surface area contributed by atoms with Crippen molar-refractivity contribution in [3.63, 3.8) is 0 Å². The lowest BCUT2D eigenvalue weighted by molar-refractivity contribution is 0.102. The largest absolute Gasteiger partial charge is 0.389 e. The van der Waals surface area contributed by atoms with Gasteiger partial charge in [-0.15, -0.1) is 0 Å². The van der Waals surface area contributed by atoms with E-state index in [1.807, 2.05) is 0 Å². The van der Waals surface area contributed by atoms with E-state index in [1.165, 1.54) is 12.1 Å². The van der Waals surface area contributed by atoms with E-state index in [-0.39, 0.29) is 4.99 Å². The highest BCUT2D eigenvalue weighted by Gasteiger charge is 2.18. The number of rotatable bonds is 3. The van der Waals surface area contributed by atoms with Crippen LogP contribution < -0.4 is 11.1 Å². The zero-order valence-electron chi connectivity index (χ0n) is 10.5. The summed E-state index contributed by atoms with van der Waals surface area (Å²) in [6.07, 6.45) is 0.